The number of Topliss-reactive ketones (excluding diaryl/α,β-unsaturated/α-hetero) is 1. The van der Waals surface area contributed by atoms with Gasteiger partial charge in [-0.1, -0.05) is 12.1 Å². The Morgan fingerprint density at radius 3 is 2.63 bits per heavy atom. The number of rotatable bonds is 8. The van der Waals surface area contributed by atoms with E-state index in [2.05, 4.69) is 15.3 Å². The first-order valence-corrected chi connectivity index (χ1v) is 9.40. The number of halogens is 1. The van der Waals surface area contributed by atoms with Crippen molar-refractivity contribution in [1.29, 1.82) is 0 Å². The molecule has 3 aromatic rings. The first-order chi connectivity index (χ1) is 13.1. The molecule has 0 atom stereocenters. The summed E-state index contributed by atoms with van der Waals surface area (Å²) in [4.78, 5) is 32.4. The average molecular weight is 383 g/mol. The average Bonchev–Trinajstić information content (AvgIpc) is 3.16. The molecule has 0 saturated heterocycles. The van der Waals surface area contributed by atoms with Crippen LogP contribution in [0, 0.1) is 5.82 Å². The van der Waals surface area contributed by atoms with Crippen molar-refractivity contribution in [2.24, 2.45) is 0 Å². The van der Waals surface area contributed by atoms with Gasteiger partial charge in [0.15, 0.2) is 5.78 Å². The Hall–Kier alpha value is -2.93. The molecule has 1 amide bonds. The van der Waals surface area contributed by atoms with E-state index < -0.39 is 5.82 Å². The molecule has 2 heterocycles. The smallest absolute Gasteiger partial charge is 0.220 e. The van der Waals surface area contributed by atoms with E-state index in [4.69, 9.17) is 0 Å². The molecule has 138 valence electrons. The van der Waals surface area contributed by atoms with Crippen LogP contribution in [0.4, 0.5) is 4.39 Å². The highest BCUT2D eigenvalue weighted by molar-refractivity contribution is 7.13. The molecule has 1 aromatic carbocycles. The van der Waals surface area contributed by atoms with Crippen LogP contribution >= 0.6 is 11.3 Å². The first kappa shape index (κ1) is 18.8. The maximum atomic E-state index is 13.5. The molecular formula is C20H18FN3O2S. The zero-order valence-corrected chi connectivity index (χ0v) is 15.3. The standard InChI is InChI=1S/C20H18FN3O2S/c21-17-4-2-1-3-16(17)18(25)5-6-19(26)23-12-9-15-13-27-20(24-15)14-7-10-22-11-8-14/h1-4,7-8,10-11,13H,5-6,9,12H2,(H,23,26). The zero-order valence-electron chi connectivity index (χ0n) is 14.5. The molecule has 0 bridgehead atoms. The van der Waals surface area contributed by atoms with Gasteiger partial charge in [-0.3, -0.25) is 14.6 Å². The van der Waals surface area contributed by atoms with Crippen LogP contribution in [0.15, 0.2) is 54.2 Å². The van der Waals surface area contributed by atoms with Crippen molar-refractivity contribution < 1.29 is 14.0 Å². The summed E-state index contributed by atoms with van der Waals surface area (Å²) in [6.45, 7) is 0.437. The predicted molar refractivity (Wildman–Crippen MR) is 102 cm³/mol. The molecule has 0 aliphatic carbocycles. The highest BCUT2D eigenvalue weighted by Crippen LogP contribution is 2.22. The van der Waals surface area contributed by atoms with Gasteiger partial charge in [0.25, 0.3) is 0 Å². The number of thiazole rings is 1. The molecule has 0 fully saturated rings. The predicted octanol–water partition coefficient (Wildman–Crippen LogP) is 3.67. The van der Waals surface area contributed by atoms with Crippen molar-refractivity contribution in [2.75, 3.05) is 6.54 Å². The van der Waals surface area contributed by atoms with Crippen LogP contribution in [-0.2, 0) is 11.2 Å². The third-order valence-electron chi connectivity index (χ3n) is 3.94. The van der Waals surface area contributed by atoms with Crippen molar-refractivity contribution in [1.82, 2.24) is 15.3 Å². The molecule has 0 radical (unpaired) electrons. The van der Waals surface area contributed by atoms with Gasteiger partial charge in [-0.15, -0.1) is 11.3 Å². The van der Waals surface area contributed by atoms with Crippen molar-refractivity contribution in [2.45, 2.75) is 19.3 Å². The summed E-state index contributed by atoms with van der Waals surface area (Å²) in [5.41, 5.74) is 1.93. The summed E-state index contributed by atoms with van der Waals surface area (Å²) in [5.74, 6) is -1.16. The molecule has 0 aliphatic rings. The van der Waals surface area contributed by atoms with Gasteiger partial charge < -0.3 is 5.32 Å². The lowest BCUT2D eigenvalue weighted by Gasteiger charge is -2.04. The summed E-state index contributed by atoms with van der Waals surface area (Å²) in [7, 11) is 0. The number of amides is 1. The van der Waals surface area contributed by atoms with Crippen molar-refractivity contribution in [3.8, 4) is 10.6 Å². The number of benzene rings is 1. The fourth-order valence-electron chi connectivity index (χ4n) is 2.52. The quantitative estimate of drug-likeness (QED) is 0.603. The van der Waals surface area contributed by atoms with E-state index in [0.29, 0.717) is 13.0 Å². The van der Waals surface area contributed by atoms with Gasteiger partial charge in [0.05, 0.1) is 11.3 Å². The lowest BCUT2D eigenvalue weighted by Crippen LogP contribution is -2.26. The zero-order chi connectivity index (χ0) is 19.1. The van der Waals surface area contributed by atoms with E-state index in [1.54, 1.807) is 29.8 Å². The molecule has 0 aliphatic heterocycles. The summed E-state index contributed by atoms with van der Waals surface area (Å²) in [6, 6.07) is 9.59. The molecule has 7 heteroatoms. The van der Waals surface area contributed by atoms with Crippen LogP contribution in [0.3, 0.4) is 0 Å². The lowest BCUT2D eigenvalue weighted by atomic mass is 10.1. The number of aromatic nitrogens is 2. The molecular weight excluding hydrogens is 365 g/mol. The van der Waals surface area contributed by atoms with Crippen LogP contribution in [0.25, 0.3) is 10.6 Å². The first-order valence-electron chi connectivity index (χ1n) is 8.52. The van der Waals surface area contributed by atoms with Crippen LogP contribution in [0.2, 0.25) is 0 Å². The SMILES string of the molecule is O=C(CCC(=O)c1ccccc1F)NCCc1csc(-c2ccncc2)n1. The Bertz CT molecular complexity index is 928. The Kier molecular flexibility index (Phi) is 6.38. The van der Waals surface area contributed by atoms with Gasteiger partial charge in [-0.2, -0.15) is 0 Å². The van der Waals surface area contributed by atoms with Gasteiger partial charge in [0, 0.05) is 49.1 Å². The number of pyridine rings is 1. The molecule has 0 spiro atoms. The fourth-order valence-corrected chi connectivity index (χ4v) is 3.38. The van der Waals surface area contributed by atoms with Gasteiger partial charge in [0.2, 0.25) is 5.91 Å². The number of ketones is 1. The normalized spacial score (nSPS) is 10.6. The van der Waals surface area contributed by atoms with Gasteiger partial charge >= 0.3 is 0 Å². The monoisotopic (exact) mass is 383 g/mol. The van der Waals surface area contributed by atoms with Crippen LogP contribution in [0.1, 0.15) is 28.9 Å². The second-order valence-corrected chi connectivity index (χ2v) is 6.74. The van der Waals surface area contributed by atoms with Gasteiger partial charge in [-0.25, -0.2) is 9.37 Å². The Balaban J connectivity index is 1.42. The third kappa shape index (κ3) is 5.27. The number of hydrogen-bond acceptors (Lipinski definition) is 5. The number of nitrogens with one attached hydrogen (secondary N) is 1. The Morgan fingerprint density at radius 2 is 1.85 bits per heavy atom. The van der Waals surface area contributed by atoms with Crippen molar-refractivity contribution in [3.05, 3.63) is 71.2 Å². The summed E-state index contributed by atoms with van der Waals surface area (Å²) in [6.07, 6.45) is 4.06. The van der Waals surface area contributed by atoms with Crippen LogP contribution in [-0.4, -0.2) is 28.2 Å². The fraction of sp³-hybridized carbons (Fsp3) is 0.200. The molecule has 5 nitrogen and oxygen atoms in total. The van der Waals surface area contributed by atoms with Crippen molar-refractivity contribution >= 4 is 23.0 Å². The van der Waals surface area contributed by atoms with Crippen LogP contribution < -0.4 is 5.32 Å². The molecule has 0 saturated carbocycles. The Morgan fingerprint density at radius 1 is 1.07 bits per heavy atom. The minimum Gasteiger partial charge on any atom is -0.356 e. The summed E-state index contributed by atoms with van der Waals surface area (Å²) >= 11 is 1.54. The highest BCUT2D eigenvalue weighted by atomic mass is 32.1. The lowest BCUT2D eigenvalue weighted by molar-refractivity contribution is -0.121. The molecule has 1 N–H and O–H groups in total. The minimum atomic E-state index is -0.559. The van der Waals surface area contributed by atoms with E-state index in [1.165, 1.54) is 18.2 Å². The minimum absolute atomic E-state index is 0.0182. The highest BCUT2D eigenvalue weighted by Gasteiger charge is 2.13. The molecule has 0 unspecified atom stereocenters. The molecule has 27 heavy (non-hydrogen) atoms. The van der Waals surface area contributed by atoms with Crippen molar-refractivity contribution in [3.63, 3.8) is 0 Å². The van der Waals surface area contributed by atoms with Crippen LogP contribution in [0.5, 0.6) is 0 Å². The number of carbonyl (C=O) groups is 2. The summed E-state index contributed by atoms with van der Waals surface area (Å²) < 4.78 is 13.5. The molecule has 3 rings (SSSR count). The maximum absolute atomic E-state index is 13.5. The van der Waals surface area contributed by atoms with E-state index >= 15 is 0 Å². The van der Waals surface area contributed by atoms with Gasteiger partial charge in [0.1, 0.15) is 10.8 Å². The number of hydrogen-bond donors (Lipinski definition) is 1. The number of carbonyl (C=O) groups excluding carboxylic acids is 2. The summed E-state index contributed by atoms with van der Waals surface area (Å²) in [5, 5.41) is 5.64. The van der Waals surface area contributed by atoms with E-state index in [-0.39, 0.29) is 30.1 Å². The number of nitrogens with zero attached hydrogens (tertiary/aromatic N) is 2. The van der Waals surface area contributed by atoms with E-state index in [9.17, 15) is 14.0 Å². The van der Waals surface area contributed by atoms with E-state index in [1.807, 2.05) is 17.5 Å². The Labute approximate surface area is 160 Å². The maximum Gasteiger partial charge on any atom is 0.220 e. The molecule has 2 aromatic heterocycles. The second-order valence-electron chi connectivity index (χ2n) is 5.88. The second kappa shape index (κ2) is 9.14. The van der Waals surface area contributed by atoms with Gasteiger partial charge in [-0.05, 0) is 24.3 Å². The third-order valence-corrected chi connectivity index (χ3v) is 4.88. The largest absolute Gasteiger partial charge is 0.356 e. The topological polar surface area (TPSA) is 72.0 Å². The van der Waals surface area contributed by atoms with E-state index in [0.717, 1.165) is 16.3 Å².